The van der Waals surface area contributed by atoms with Crippen molar-refractivity contribution in [2.45, 2.75) is 32.2 Å². The highest BCUT2D eigenvalue weighted by Crippen LogP contribution is 2.42. The number of nitrogens with zero attached hydrogens (tertiary/aromatic N) is 2. The normalized spacial score (nSPS) is 26.4. The molecule has 0 amide bonds. The van der Waals surface area contributed by atoms with Gasteiger partial charge in [-0.15, -0.1) is 0 Å². The molecule has 22 heavy (non-hydrogen) atoms. The maximum atomic E-state index is 9.34. The summed E-state index contributed by atoms with van der Waals surface area (Å²) in [6.07, 6.45) is 2.83. The predicted molar refractivity (Wildman–Crippen MR) is 85.2 cm³/mol. The van der Waals surface area contributed by atoms with Crippen LogP contribution in [0.15, 0.2) is 17.3 Å². The van der Waals surface area contributed by atoms with Crippen molar-refractivity contribution in [2.75, 3.05) is 27.3 Å². The molecule has 0 spiro atoms. The summed E-state index contributed by atoms with van der Waals surface area (Å²) in [5.74, 6) is 1.92. The van der Waals surface area contributed by atoms with Crippen LogP contribution in [0.5, 0.6) is 11.5 Å². The van der Waals surface area contributed by atoms with Gasteiger partial charge in [-0.25, -0.2) is 0 Å². The lowest BCUT2D eigenvalue weighted by atomic mass is 9.81. The van der Waals surface area contributed by atoms with Crippen molar-refractivity contribution in [3.63, 3.8) is 0 Å². The summed E-state index contributed by atoms with van der Waals surface area (Å²) >= 11 is 0. The van der Waals surface area contributed by atoms with Gasteiger partial charge in [-0.1, -0.05) is 12.1 Å². The molecule has 0 aromatic heterocycles. The van der Waals surface area contributed by atoms with Gasteiger partial charge in [0, 0.05) is 31.5 Å². The third-order valence-corrected chi connectivity index (χ3v) is 5.06. The van der Waals surface area contributed by atoms with E-state index in [-0.39, 0.29) is 6.04 Å². The summed E-state index contributed by atoms with van der Waals surface area (Å²) < 4.78 is 10.9. The van der Waals surface area contributed by atoms with Gasteiger partial charge < -0.3 is 14.7 Å². The fourth-order valence-corrected chi connectivity index (χ4v) is 3.78. The van der Waals surface area contributed by atoms with Crippen LogP contribution in [-0.2, 0) is 6.42 Å². The molecular weight excluding hydrogens is 280 g/mol. The quantitative estimate of drug-likeness (QED) is 0.689. The standard InChI is InChI=1S/C17H24N2O3/c1-4-11-10-19-6-5-12-7-16(21-2)17(22-3)8-13(12)15(19)9-14(11)18-20/h7-8,11,15,20H,4-6,9-10H2,1-3H3/b18-14+. The maximum absolute atomic E-state index is 9.34. The number of piperidine rings is 1. The van der Waals surface area contributed by atoms with Gasteiger partial charge in [-0.3, -0.25) is 4.90 Å². The molecule has 2 heterocycles. The Morgan fingerprint density at radius 2 is 2.00 bits per heavy atom. The summed E-state index contributed by atoms with van der Waals surface area (Å²) in [5, 5.41) is 12.9. The summed E-state index contributed by atoms with van der Waals surface area (Å²) in [4.78, 5) is 2.51. The van der Waals surface area contributed by atoms with E-state index in [1.54, 1.807) is 14.2 Å². The molecule has 1 saturated heterocycles. The Morgan fingerprint density at radius 1 is 1.27 bits per heavy atom. The van der Waals surface area contributed by atoms with Gasteiger partial charge in [0.05, 0.1) is 19.9 Å². The summed E-state index contributed by atoms with van der Waals surface area (Å²) in [6, 6.07) is 4.46. The molecule has 2 unspecified atom stereocenters. The highest BCUT2D eigenvalue weighted by molar-refractivity contribution is 5.88. The van der Waals surface area contributed by atoms with Crippen LogP contribution in [0.2, 0.25) is 0 Å². The number of benzene rings is 1. The molecule has 2 aliphatic rings. The highest BCUT2D eigenvalue weighted by atomic mass is 16.5. The number of fused-ring (bicyclic) bond motifs is 3. The van der Waals surface area contributed by atoms with Crippen LogP contribution in [0.1, 0.15) is 36.9 Å². The van der Waals surface area contributed by atoms with Crippen LogP contribution in [0.3, 0.4) is 0 Å². The van der Waals surface area contributed by atoms with E-state index in [1.165, 1.54) is 11.1 Å². The van der Waals surface area contributed by atoms with Crippen LogP contribution in [0.4, 0.5) is 0 Å². The molecule has 2 aliphatic heterocycles. The first kappa shape index (κ1) is 15.2. The Balaban J connectivity index is 1.98. The van der Waals surface area contributed by atoms with Crippen molar-refractivity contribution in [1.29, 1.82) is 0 Å². The molecule has 0 saturated carbocycles. The second-order valence-corrected chi connectivity index (χ2v) is 6.07. The van der Waals surface area contributed by atoms with E-state index < -0.39 is 0 Å². The smallest absolute Gasteiger partial charge is 0.161 e. The zero-order chi connectivity index (χ0) is 15.7. The lowest BCUT2D eigenvalue weighted by molar-refractivity contribution is 0.149. The molecule has 1 fully saturated rings. The van der Waals surface area contributed by atoms with E-state index in [9.17, 15) is 5.21 Å². The number of methoxy groups -OCH3 is 2. The van der Waals surface area contributed by atoms with E-state index in [2.05, 4.69) is 29.1 Å². The topological polar surface area (TPSA) is 54.3 Å². The van der Waals surface area contributed by atoms with Crippen molar-refractivity contribution in [1.82, 2.24) is 4.90 Å². The summed E-state index contributed by atoms with van der Waals surface area (Å²) in [7, 11) is 3.34. The average Bonchev–Trinajstić information content (AvgIpc) is 2.58. The SMILES string of the molecule is CCC1CN2CCc3cc(OC)c(OC)cc3C2C/C1=N\O. The molecule has 5 heteroatoms. The second-order valence-electron chi connectivity index (χ2n) is 6.07. The van der Waals surface area contributed by atoms with Crippen LogP contribution < -0.4 is 9.47 Å². The van der Waals surface area contributed by atoms with Crippen LogP contribution in [0.25, 0.3) is 0 Å². The van der Waals surface area contributed by atoms with E-state index in [0.29, 0.717) is 5.92 Å². The van der Waals surface area contributed by atoms with E-state index in [1.807, 2.05) is 0 Å². The first-order valence-electron chi connectivity index (χ1n) is 7.91. The van der Waals surface area contributed by atoms with Crippen LogP contribution in [-0.4, -0.2) is 43.1 Å². The number of oxime groups is 1. The third kappa shape index (κ3) is 2.43. The minimum Gasteiger partial charge on any atom is -0.493 e. The Bertz CT molecular complexity index is 586. The molecule has 0 bridgehead atoms. The van der Waals surface area contributed by atoms with E-state index in [0.717, 1.165) is 49.6 Å². The Hall–Kier alpha value is -1.75. The van der Waals surface area contributed by atoms with Crippen molar-refractivity contribution >= 4 is 5.71 Å². The molecule has 0 aliphatic carbocycles. The molecule has 1 N–H and O–H groups in total. The molecule has 120 valence electrons. The Morgan fingerprint density at radius 3 is 2.64 bits per heavy atom. The highest BCUT2D eigenvalue weighted by Gasteiger charge is 2.37. The van der Waals surface area contributed by atoms with Gasteiger partial charge in [-0.2, -0.15) is 0 Å². The first-order valence-corrected chi connectivity index (χ1v) is 7.91. The largest absolute Gasteiger partial charge is 0.493 e. The van der Waals surface area contributed by atoms with E-state index >= 15 is 0 Å². The van der Waals surface area contributed by atoms with Gasteiger partial charge in [0.15, 0.2) is 11.5 Å². The number of hydrogen-bond acceptors (Lipinski definition) is 5. The third-order valence-electron chi connectivity index (χ3n) is 5.06. The predicted octanol–water partition coefficient (Wildman–Crippen LogP) is 2.86. The average molecular weight is 304 g/mol. The summed E-state index contributed by atoms with van der Waals surface area (Å²) in [5.41, 5.74) is 3.51. The van der Waals surface area contributed by atoms with Gasteiger partial charge in [0.1, 0.15) is 0 Å². The van der Waals surface area contributed by atoms with E-state index in [4.69, 9.17) is 9.47 Å². The lowest BCUT2D eigenvalue weighted by Gasteiger charge is -2.43. The first-order chi connectivity index (χ1) is 10.7. The lowest BCUT2D eigenvalue weighted by Crippen LogP contribution is -2.46. The molecule has 5 nitrogen and oxygen atoms in total. The van der Waals surface area contributed by atoms with Gasteiger partial charge in [0.2, 0.25) is 0 Å². The van der Waals surface area contributed by atoms with Crippen molar-refractivity contribution in [2.24, 2.45) is 11.1 Å². The molecular formula is C17H24N2O3. The van der Waals surface area contributed by atoms with Gasteiger partial charge in [-0.05, 0) is 36.1 Å². The zero-order valence-corrected chi connectivity index (χ0v) is 13.5. The number of rotatable bonds is 3. The van der Waals surface area contributed by atoms with Crippen molar-refractivity contribution in [3.8, 4) is 11.5 Å². The number of hydrogen-bond donors (Lipinski definition) is 1. The van der Waals surface area contributed by atoms with Crippen LogP contribution >= 0.6 is 0 Å². The molecule has 1 aromatic carbocycles. The van der Waals surface area contributed by atoms with Gasteiger partial charge >= 0.3 is 0 Å². The monoisotopic (exact) mass is 304 g/mol. The summed E-state index contributed by atoms with van der Waals surface area (Å²) in [6.45, 7) is 4.17. The molecule has 1 aromatic rings. The number of ether oxygens (including phenoxy) is 2. The Labute approximate surface area is 131 Å². The van der Waals surface area contributed by atoms with Crippen molar-refractivity contribution < 1.29 is 14.7 Å². The molecule has 0 radical (unpaired) electrons. The fourth-order valence-electron chi connectivity index (χ4n) is 3.78. The second kappa shape index (κ2) is 6.16. The van der Waals surface area contributed by atoms with Crippen molar-refractivity contribution in [3.05, 3.63) is 23.3 Å². The van der Waals surface area contributed by atoms with Gasteiger partial charge in [0.25, 0.3) is 0 Å². The maximum Gasteiger partial charge on any atom is 0.161 e. The molecule has 2 atom stereocenters. The Kier molecular flexibility index (Phi) is 4.25. The fraction of sp³-hybridized carbons (Fsp3) is 0.588. The zero-order valence-electron chi connectivity index (χ0n) is 13.5. The van der Waals surface area contributed by atoms with Crippen LogP contribution in [0, 0.1) is 5.92 Å². The minimum absolute atomic E-state index is 0.275. The minimum atomic E-state index is 0.275. The molecule has 3 rings (SSSR count).